The van der Waals surface area contributed by atoms with Gasteiger partial charge in [0.05, 0.1) is 12.7 Å². The molecule has 1 fully saturated rings. The highest BCUT2D eigenvalue weighted by molar-refractivity contribution is 5.31. The highest BCUT2D eigenvalue weighted by atomic mass is 16.5. The monoisotopic (exact) mass is 263 g/mol. The van der Waals surface area contributed by atoms with Crippen LogP contribution in [0.4, 0.5) is 0 Å². The molecule has 0 bridgehead atoms. The zero-order chi connectivity index (χ0) is 13.9. The van der Waals surface area contributed by atoms with E-state index >= 15 is 0 Å². The molecule has 1 unspecified atom stereocenters. The van der Waals surface area contributed by atoms with E-state index in [1.807, 2.05) is 12.1 Å². The van der Waals surface area contributed by atoms with Gasteiger partial charge in [0.1, 0.15) is 5.75 Å². The molecule has 0 spiro atoms. The summed E-state index contributed by atoms with van der Waals surface area (Å²) < 4.78 is 5.21. The van der Waals surface area contributed by atoms with Crippen LogP contribution in [0.3, 0.4) is 0 Å². The Morgan fingerprint density at radius 3 is 2.26 bits per heavy atom. The van der Waals surface area contributed by atoms with E-state index in [1.54, 1.807) is 7.11 Å². The van der Waals surface area contributed by atoms with Gasteiger partial charge >= 0.3 is 0 Å². The second-order valence-electron chi connectivity index (χ2n) is 5.90. The highest BCUT2D eigenvalue weighted by Crippen LogP contribution is 2.41. The maximum atomic E-state index is 10.9. The molecular weight excluding hydrogens is 238 g/mol. The molecule has 1 aromatic carbocycles. The van der Waals surface area contributed by atoms with Crippen molar-refractivity contribution >= 4 is 0 Å². The molecule has 1 saturated carbocycles. The molecule has 0 saturated heterocycles. The van der Waals surface area contributed by atoms with E-state index in [1.165, 1.54) is 5.56 Å². The SMILES string of the molecule is COc1ccc(C(CN(C)C)C2(O)CCCC2)cc1. The zero-order valence-electron chi connectivity index (χ0n) is 12.2. The summed E-state index contributed by atoms with van der Waals surface area (Å²) in [7, 11) is 5.81. The van der Waals surface area contributed by atoms with Crippen molar-refractivity contribution in [2.45, 2.75) is 37.2 Å². The quantitative estimate of drug-likeness (QED) is 0.886. The van der Waals surface area contributed by atoms with Crippen LogP contribution < -0.4 is 4.74 Å². The first kappa shape index (κ1) is 14.4. The molecule has 3 nitrogen and oxygen atoms in total. The molecule has 0 aromatic heterocycles. The summed E-state index contributed by atoms with van der Waals surface area (Å²) in [5, 5.41) is 10.9. The molecule has 19 heavy (non-hydrogen) atoms. The third-order valence-electron chi connectivity index (χ3n) is 4.18. The van der Waals surface area contributed by atoms with E-state index in [2.05, 4.69) is 31.1 Å². The maximum Gasteiger partial charge on any atom is 0.118 e. The highest BCUT2D eigenvalue weighted by Gasteiger charge is 2.40. The average Bonchev–Trinajstić information content (AvgIpc) is 2.84. The van der Waals surface area contributed by atoms with Crippen LogP contribution in [0.2, 0.25) is 0 Å². The van der Waals surface area contributed by atoms with Crippen LogP contribution in [0.25, 0.3) is 0 Å². The Bertz CT molecular complexity index is 394. The second-order valence-corrected chi connectivity index (χ2v) is 5.90. The van der Waals surface area contributed by atoms with Gasteiger partial charge in [-0.3, -0.25) is 0 Å². The summed E-state index contributed by atoms with van der Waals surface area (Å²) in [6.07, 6.45) is 4.10. The number of aliphatic hydroxyl groups is 1. The lowest BCUT2D eigenvalue weighted by Crippen LogP contribution is -2.39. The third kappa shape index (κ3) is 3.28. The Morgan fingerprint density at radius 1 is 1.21 bits per heavy atom. The van der Waals surface area contributed by atoms with Crippen LogP contribution >= 0.6 is 0 Å². The summed E-state index contributed by atoms with van der Waals surface area (Å²) >= 11 is 0. The van der Waals surface area contributed by atoms with Crippen LogP contribution in [0.15, 0.2) is 24.3 Å². The van der Waals surface area contributed by atoms with Gasteiger partial charge in [0, 0.05) is 12.5 Å². The summed E-state index contributed by atoms with van der Waals surface area (Å²) in [6, 6.07) is 8.14. The van der Waals surface area contributed by atoms with Gasteiger partial charge in [0.2, 0.25) is 0 Å². The van der Waals surface area contributed by atoms with Crippen molar-refractivity contribution in [3.8, 4) is 5.75 Å². The summed E-state index contributed by atoms with van der Waals surface area (Å²) in [5.41, 5.74) is 0.665. The number of methoxy groups -OCH3 is 1. The van der Waals surface area contributed by atoms with Gasteiger partial charge in [-0.05, 0) is 44.6 Å². The fraction of sp³-hybridized carbons (Fsp3) is 0.625. The van der Waals surface area contributed by atoms with Crippen molar-refractivity contribution in [2.75, 3.05) is 27.7 Å². The van der Waals surface area contributed by atoms with Gasteiger partial charge in [-0.25, -0.2) is 0 Å². The van der Waals surface area contributed by atoms with Crippen molar-refractivity contribution in [1.82, 2.24) is 4.90 Å². The number of benzene rings is 1. The van der Waals surface area contributed by atoms with Gasteiger partial charge in [-0.2, -0.15) is 0 Å². The molecule has 3 heteroatoms. The van der Waals surface area contributed by atoms with Crippen molar-refractivity contribution in [3.63, 3.8) is 0 Å². The van der Waals surface area contributed by atoms with E-state index in [-0.39, 0.29) is 5.92 Å². The van der Waals surface area contributed by atoms with Crippen LogP contribution in [-0.2, 0) is 0 Å². The molecular formula is C16H25NO2. The molecule has 1 aliphatic rings. The lowest BCUT2D eigenvalue weighted by Gasteiger charge is -2.35. The largest absolute Gasteiger partial charge is 0.497 e. The average molecular weight is 263 g/mol. The topological polar surface area (TPSA) is 32.7 Å². The molecule has 2 rings (SSSR count). The molecule has 1 N–H and O–H groups in total. The minimum absolute atomic E-state index is 0.177. The zero-order valence-corrected chi connectivity index (χ0v) is 12.2. The Morgan fingerprint density at radius 2 is 1.79 bits per heavy atom. The number of rotatable bonds is 5. The minimum atomic E-state index is -0.543. The first-order valence-electron chi connectivity index (χ1n) is 7.06. The van der Waals surface area contributed by atoms with E-state index in [9.17, 15) is 5.11 Å². The number of hydrogen-bond donors (Lipinski definition) is 1. The second kappa shape index (κ2) is 5.93. The smallest absolute Gasteiger partial charge is 0.118 e. The molecule has 106 valence electrons. The van der Waals surface area contributed by atoms with Gasteiger partial charge in [-0.15, -0.1) is 0 Å². The van der Waals surface area contributed by atoms with Gasteiger partial charge in [0.25, 0.3) is 0 Å². The van der Waals surface area contributed by atoms with E-state index < -0.39 is 5.60 Å². The van der Waals surface area contributed by atoms with E-state index in [0.29, 0.717) is 0 Å². The van der Waals surface area contributed by atoms with Crippen molar-refractivity contribution in [3.05, 3.63) is 29.8 Å². The molecule has 0 radical (unpaired) electrons. The number of hydrogen-bond acceptors (Lipinski definition) is 3. The summed E-state index contributed by atoms with van der Waals surface area (Å²) in [6.45, 7) is 0.878. The molecule has 0 amide bonds. The molecule has 1 aliphatic carbocycles. The predicted molar refractivity (Wildman–Crippen MR) is 77.7 cm³/mol. The Labute approximate surface area is 116 Å². The van der Waals surface area contributed by atoms with Crippen LogP contribution in [0.5, 0.6) is 5.75 Å². The Balaban J connectivity index is 2.25. The summed E-state index contributed by atoms with van der Waals surface area (Å²) in [4.78, 5) is 2.16. The Kier molecular flexibility index (Phi) is 4.48. The van der Waals surface area contributed by atoms with Gasteiger partial charge in [0.15, 0.2) is 0 Å². The normalized spacial score (nSPS) is 19.6. The molecule has 1 atom stereocenters. The lowest BCUT2D eigenvalue weighted by atomic mass is 9.80. The fourth-order valence-electron chi connectivity index (χ4n) is 3.12. The van der Waals surface area contributed by atoms with E-state index in [4.69, 9.17) is 4.74 Å². The van der Waals surface area contributed by atoms with Crippen LogP contribution in [0.1, 0.15) is 37.2 Å². The molecule has 0 aliphatic heterocycles. The fourth-order valence-corrected chi connectivity index (χ4v) is 3.12. The van der Waals surface area contributed by atoms with Crippen molar-refractivity contribution in [2.24, 2.45) is 0 Å². The first-order valence-corrected chi connectivity index (χ1v) is 7.06. The third-order valence-corrected chi connectivity index (χ3v) is 4.18. The van der Waals surface area contributed by atoms with Crippen LogP contribution in [0, 0.1) is 0 Å². The first-order chi connectivity index (χ1) is 9.05. The van der Waals surface area contributed by atoms with Gasteiger partial charge < -0.3 is 14.7 Å². The predicted octanol–water partition coefficient (Wildman–Crippen LogP) is 2.65. The summed E-state index contributed by atoms with van der Waals surface area (Å²) in [5.74, 6) is 1.04. The minimum Gasteiger partial charge on any atom is -0.497 e. The molecule has 1 aromatic rings. The molecule has 0 heterocycles. The van der Waals surface area contributed by atoms with Crippen LogP contribution in [-0.4, -0.2) is 43.4 Å². The van der Waals surface area contributed by atoms with E-state index in [0.717, 1.165) is 38.0 Å². The maximum absolute atomic E-state index is 10.9. The standard InChI is InChI=1S/C16H25NO2/c1-17(2)12-15(16(18)10-4-5-11-16)13-6-8-14(19-3)9-7-13/h6-9,15,18H,4-5,10-12H2,1-3H3. The van der Waals surface area contributed by atoms with Crippen molar-refractivity contribution < 1.29 is 9.84 Å². The number of nitrogens with zero attached hydrogens (tertiary/aromatic N) is 1. The van der Waals surface area contributed by atoms with Crippen molar-refractivity contribution in [1.29, 1.82) is 0 Å². The Hall–Kier alpha value is -1.06. The lowest BCUT2D eigenvalue weighted by molar-refractivity contribution is 0.0106. The number of ether oxygens (including phenoxy) is 1. The number of likely N-dealkylation sites (N-methyl/N-ethyl adjacent to an activating group) is 1. The van der Waals surface area contributed by atoms with Gasteiger partial charge in [-0.1, -0.05) is 25.0 Å².